The van der Waals surface area contributed by atoms with E-state index in [0.717, 1.165) is 19.2 Å². The van der Waals surface area contributed by atoms with Crippen molar-refractivity contribution in [1.29, 1.82) is 0 Å². The van der Waals surface area contributed by atoms with Crippen LogP contribution in [-0.2, 0) is 4.79 Å². The fourth-order valence-electron chi connectivity index (χ4n) is 3.39. The Hall–Kier alpha value is -1.49. The average Bonchev–Trinajstić information content (AvgIpc) is 2.67. The first-order valence-corrected chi connectivity index (χ1v) is 6.57. The van der Waals surface area contributed by atoms with E-state index in [9.17, 15) is 13.6 Å². The monoisotopic (exact) mass is 266 g/mol. The third-order valence-corrected chi connectivity index (χ3v) is 4.37. The zero-order valence-electron chi connectivity index (χ0n) is 10.5. The lowest BCUT2D eigenvalue weighted by Gasteiger charge is -2.36. The van der Waals surface area contributed by atoms with E-state index in [2.05, 4.69) is 10.6 Å². The summed E-state index contributed by atoms with van der Waals surface area (Å²) < 4.78 is 26.8. The van der Waals surface area contributed by atoms with Crippen LogP contribution in [0.2, 0.25) is 0 Å². The second kappa shape index (κ2) is 4.56. The van der Waals surface area contributed by atoms with E-state index in [1.807, 2.05) is 0 Å². The van der Waals surface area contributed by atoms with Crippen molar-refractivity contribution in [3.8, 4) is 0 Å². The lowest BCUT2D eigenvalue weighted by molar-refractivity contribution is -0.129. The van der Waals surface area contributed by atoms with Gasteiger partial charge in [0.2, 0.25) is 5.91 Å². The summed E-state index contributed by atoms with van der Waals surface area (Å²) >= 11 is 0. The minimum atomic E-state index is -0.585. The van der Waals surface area contributed by atoms with Crippen LogP contribution in [0.4, 0.5) is 8.78 Å². The smallest absolute Gasteiger partial charge is 0.227 e. The van der Waals surface area contributed by atoms with Crippen LogP contribution in [0.25, 0.3) is 0 Å². The van der Waals surface area contributed by atoms with Crippen molar-refractivity contribution in [1.82, 2.24) is 10.6 Å². The van der Waals surface area contributed by atoms with Crippen LogP contribution >= 0.6 is 0 Å². The number of piperidine rings is 1. The van der Waals surface area contributed by atoms with Gasteiger partial charge in [-0.3, -0.25) is 4.79 Å². The van der Waals surface area contributed by atoms with Crippen molar-refractivity contribution in [2.24, 2.45) is 5.41 Å². The highest BCUT2D eigenvalue weighted by molar-refractivity contribution is 5.86. The number of amides is 1. The van der Waals surface area contributed by atoms with E-state index < -0.39 is 17.0 Å². The SMILES string of the molecule is O=C1NCC(c2cc(F)cc(F)c2)C12CCNCC2. The lowest BCUT2D eigenvalue weighted by atomic mass is 9.68. The predicted octanol–water partition coefficient (Wildman–Crippen LogP) is 1.55. The van der Waals surface area contributed by atoms with E-state index in [4.69, 9.17) is 0 Å². The first-order chi connectivity index (χ1) is 9.12. The number of hydrogen-bond acceptors (Lipinski definition) is 2. The van der Waals surface area contributed by atoms with Crippen molar-refractivity contribution in [2.45, 2.75) is 18.8 Å². The third kappa shape index (κ3) is 2.02. The van der Waals surface area contributed by atoms with Crippen molar-refractivity contribution in [3.05, 3.63) is 35.4 Å². The molecular weight excluding hydrogens is 250 g/mol. The first-order valence-electron chi connectivity index (χ1n) is 6.57. The molecule has 1 spiro atoms. The van der Waals surface area contributed by atoms with E-state index in [1.54, 1.807) is 0 Å². The van der Waals surface area contributed by atoms with E-state index in [-0.39, 0.29) is 11.8 Å². The van der Waals surface area contributed by atoms with Gasteiger partial charge in [0.05, 0.1) is 5.41 Å². The molecule has 1 amide bonds. The maximum absolute atomic E-state index is 13.4. The number of rotatable bonds is 1. The summed E-state index contributed by atoms with van der Waals surface area (Å²) in [6.07, 6.45) is 1.42. The minimum Gasteiger partial charge on any atom is -0.355 e. The molecule has 1 aromatic rings. The first kappa shape index (κ1) is 12.5. The van der Waals surface area contributed by atoms with E-state index >= 15 is 0 Å². The molecule has 19 heavy (non-hydrogen) atoms. The van der Waals surface area contributed by atoms with Crippen molar-refractivity contribution in [2.75, 3.05) is 19.6 Å². The molecule has 0 bridgehead atoms. The number of carbonyl (C=O) groups is 1. The van der Waals surface area contributed by atoms with Crippen molar-refractivity contribution >= 4 is 5.91 Å². The Labute approximate surface area is 110 Å². The Kier molecular flexibility index (Phi) is 3.01. The van der Waals surface area contributed by atoms with Gasteiger partial charge >= 0.3 is 0 Å². The molecule has 3 rings (SSSR count). The summed E-state index contributed by atoms with van der Waals surface area (Å²) in [5, 5.41) is 6.08. The highest BCUT2D eigenvalue weighted by Gasteiger charge is 2.51. The van der Waals surface area contributed by atoms with Crippen LogP contribution in [0.5, 0.6) is 0 Å². The highest BCUT2D eigenvalue weighted by Crippen LogP contribution is 2.46. The van der Waals surface area contributed by atoms with Gasteiger partial charge in [-0.15, -0.1) is 0 Å². The molecule has 0 aromatic heterocycles. The molecular formula is C14H16F2N2O. The molecule has 1 atom stereocenters. The Morgan fingerprint density at radius 2 is 1.74 bits per heavy atom. The van der Waals surface area contributed by atoms with Crippen LogP contribution in [0.15, 0.2) is 18.2 Å². The molecule has 2 heterocycles. The summed E-state index contributed by atoms with van der Waals surface area (Å²) in [6.45, 7) is 1.99. The number of benzene rings is 1. The highest BCUT2D eigenvalue weighted by atomic mass is 19.1. The summed E-state index contributed by atoms with van der Waals surface area (Å²) in [6, 6.07) is 3.55. The maximum Gasteiger partial charge on any atom is 0.227 e. The number of hydrogen-bond donors (Lipinski definition) is 2. The molecule has 1 aromatic carbocycles. The molecule has 2 aliphatic heterocycles. The molecule has 2 N–H and O–H groups in total. The van der Waals surface area contributed by atoms with Gasteiger partial charge in [-0.2, -0.15) is 0 Å². The topological polar surface area (TPSA) is 41.1 Å². The van der Waals surface area contributed by atoms with Crippen LogP contribution in [0.3, 0.4) is 0 Å². The average molecular weight is 266 g/mol. The van der Waals surface area contributed by atoms with Gasteiger partial charge in [0.25, 0.3) is 0 Å². The third-order valence-electron chi connectivity index (χ3n) is 4.37. The standard InChI is InChI=1S/C14H16F2N2O/c15-10-5-9(6-11(16)7-10)12-8-18-13(19)14(12)1-3-17-4-2-14/h5-7,12,17H,1-4,8H2,(H,18,19). The maximum atomic E-state index is 13.4. The lowest BCUT2D eigenvalue weighted by Crippen LogP contribution is -2.44. The zero-order chi connectivity index (χ0) is 13.5. The molecule has 1 unspecified atom stereocenters. The fourth-order valence-corrected chi connectivity index (χ4v) is 3.39. The van der Waals surface area contributed by atoms with E-state index in [0.29, 0.717) is 24.9 Å². The Bertz CT molecular complexity index is 492. The van der Waals surface area contributed by atoms with Crippen LogP contribution in [0, 0.1) is 17.0 Å². The number of halogens is 2. The fraction of sp³-hybridized carbons (Fsp3) is 0.500. The predicted molar refractivity (Wildman–Crippen MR) is 66.6 cm³/mol. The summed E-state index contributed by atoms with van der Waals surface area (Å²) in [7, 11) is 0. The minimum absolute atomic E-state index is 0.0173. The van der Waals surface area contributed by atoms with E-state index in [1.165, 1.54) is 12.1 Å². The summed E-state index contributed by atoms with van der Waals surface area (Å²) in [5.74, 6) is -1.30. The molecule has 0 saturated carbocycles. The second-order valence-corrected chi connectivity index (χ2v) is 5.37. The van der Waals surface area contributed by atoms with Crippen molar-refractivity contribution < 1.29 is 13.6 Å². The van der Waals surface area contributed by atoms with Gasteiger partial charge in [-0.05, 0) is 43.6 Å². The van der Waals surface area contributed by atoms with Crippen LogP contribution in [-0.4, -0.2) is 25.5 Å². The molecule has 5 heteroatoms. The molecule has 102 valence electrons. The molecule has 3 nitrogen and oxygen atoms in total. The normalized spacial score (nSPS) is 25.6. The van der Waals surface area contributed by atoms with Crippen LogP contribution < -0.4 is 10.6 Å². The van der Waals surface area contributed by atoms with Gasteiger partial charge in [0.15, 0.2) is 0 Å². The molecule has 0 radical (unpaired) electrons. The van der Waals surface area contributed by atoms with Gasteiger partial charge in [-0.1, -0.05) is 0 Å². The number of nitrogens with one attached hydrogen (secondary N) is 2. The summed E-state index contributed by atoms with van der Waals surface area (Å²) in [5.41, 5.74) is 0.0728. The van der Waals surface area contributed by atoms with Gasteiger partial charge in [0.1, 0.15) is 11.6 Å². The molecule has 2 aliphatic rings. The molecule has 2 fully saturated rings. The molecule has 2 saturated heterocycles. The number of carbonyl (C=O) groups excluding carboxylic acids is 1. The van der Waals surface area contributed by atoms with Gasteiger partial charge in [-0.25, -0.2) is 8.78 Å². The Morgan fingerprint density at radius 1 is 1.11 bits per heavy atom. The zero-order valence-corrected chi connectivity index (χ0v) is 10.5. The summed E-state index contributed by atoms with van der Waals surface area (Å²) in [4.78, 5) is 12.2. The van der Waals surface area contributed by atoms with Crippen molar-refractivity contribution in [3.63, 3.8) is 0 Å². The van der Waals surface area contributed by atoms with Gasteiger partial charge in [0, 0.05) is 18.5 Å². The van der Waals surface area contributed by atoms with Crippen LogP contribution in [0.1, 0.15) is 24.3 Å². The Morgan fingerprint density at radius 3 is 2.37 bits per heavy atom. The van der Waals surface area contributed by atoms with Gasteiger partial charge < -0.3 is 10.6 Å². The second-order valence-electron chi connectivity index (χ2n) is 5.37. The molecule has 0 aliphatic carbocycles. The quantitative estimate of drug-likeness (QED) is 0.809. The Balaban J connectivity index is 2.00. The largest absolute Gasteiger partial charge is 0.355 e.